The van der Waals surface area contributed by atoms with E-state index >= 15 is 0 Å². The minimum absolute atomic E-state index is 0.265. The van der Waals surface area contributed by atoms with Gasteiger partial charge in [0.05, 0.1) is 18.6 Å². The Morgan fingerprint density at radius 2 is 2.00 bits per heavy atom. The number of hydrogen-bond donors (Lipinski definition) is 0. The van der Waals surface area contributed by atoms with Crippen molar-refractivity contribution in [3.8, 4) is 0 Å². The molecule has 1 fully saturated rings. The summed E-state index contributed by atoms with van der Waals surface area (Å²) < 4.78 is 5.20. The second-order valence-corrected chi connectivity index (χ2v) is 5.49. The van der Waals surface area contributed by atoms with Crippen LogP contribution in [0.15, 0.2) is 30.3 Å². The first kappa shape index (κ1) is 16.3. The number of hydrogen-bond acceptors (Lipinski definition) is 5. The first-order valence-electron chi connectivity index (χ1n) is 7.44. The topological polar surface area (TPSA) is 72.9 Å². The average molecular weight is 305 g/mol. The lowest BCUT2D eigenvalue weighted by Gasteiger charge is -2.39. The standard InChI is InChI=1S/C16H22N2O4/c1-17-9-10-18(14(12-17)15(19)20)16(21)22-11-5-8-13-6-3-2-4-7-13/h2-4,6-7,14H,5,8-12H2,1H3,(H,19,20)/p-1/t14-/m0/s1. The lowest BCUT2D eigenvalue weighted by molar-refractivity contribution is -0.312. The summed E-state index contributed by atoms with van der Waals surface area (Å²) in [5, 5.41) is 11.1. The third-order valence-corrected chi connectivity index (χ3v) is 3.77. The number of carbonyl (C=O) groups is 2. The van der Waals surface area contributed by atoms with Crippen LogP contribution in [0.3, 0.4) is 0 Å². The quantitative estimate of drug-likeness (QED) is 0.723. The van der Waals surface area contributed by atoms with Crippen LogP contribution in [-0.4, -0.2) is 61.2 Å². The maximum Gasteiger partial charge on any atom is 0.410 e. The van der Waals surface area contributed by atoms with Gasteiger partial charge < -0.3 is 19.5 Å². The molecule has 0 bridgehead atoms. The molecule has 0 N–H and O–H groups in total. The van der Waals surface area contributed by atoms with Gasteiger partial charge in [-0.05, 0) is 25.5 Å². The van der Waals surface area contributed by atoms with Crippen molar-refractivity contribution in [2.75, 3.05) is 33.3 Å². The van der Waals surface area contributed by atoms with Crippen LogP contribution in [0.4, 0.5) is 4.79 Å². The number of piperazine rings is 1. The molecule has 1 saturated heterocycles. The first-order chi connectivity index (χ1) is 10.6. The van der Waals surface area contributed by atoms with Crippen LogP contribution in [0, 0.1) is 0 Å². The van der Waals surface area contributed by atoms with Crippen LogP contribution < -0.4 is 5.11 Å². The van der Waals surface area contributed by atoms with Gasteiger partial charge in [0.25, 0.3) is 0 Å². The number of aliphatic carboxylic acids is 1. The van der Waals surface area contributed by atoms with Crippen molar-refractivity contribution >= 4 is 12.1 Å². The van der Waals surface area contributed by atoms with Crippen LogP contribution in [0.5, 0.6) is 0 Å². The van der Waals surface area contributed by atoms with Crippen LogP contribution >= 0.6 is 0 Å². The molecule has 6 heteroatoms. The molecule has 0 spiro atoms. The van der Waals surface area contributed by atoms with Crippen molar-refractivity contribution in [1.29, 1.82) is 0 Å². The Bertz CT molecular complexity index is 506. The van der Waals surface area contributed by atoms with Crippen LogP contribution in [0.2, 0.25) is 0 Å². The second-order valence-electron chi connectivity index (χ2n) is 5.49. The second kappa shape index (κ2) is 7.79. The van der Waals surface area contributed by atoms with Gasteiger partial charge in [-0.2, -0.15) is 0 Å². The van der Waals surface area contributed by atoms with Crippen molar-refractivity contribution in [2.24, 2.45) is 0 Å². The van der Waals surface area contributed by atoms with Gasteiger partial charge >= 0.3 is 6.09 Å². The molecular formula is C16H21N2O4-. The lowest BCUT2D eigenvalue weighted by atomic mass is 10.1. The molecule has 1 atom stereocenters. The highest BCUT2D eigenvalue weighted by Crippen LogP contribution is 2.10. The lowest BCUT2D eigenvalue weighted by Crippen LogP contribution is -2.60. The zero-order valence-electron chi connectivity index (χ0n) is 12.7. The molecule has 1 amide bonds. The van der Waals surface area contributed by atoms with E-state index in [0.717, 1.165) is 6.42 Å². The van der Waals surface area contributed by atoms with Crippen molar-refractivity contribution in [3.63, 3.8) is 0 Å². The summed E-state index contributed by atoms with van der Waals surface area (Å²) in [6.07, 6.45) is 0.954. The Kier molecular flexibility index (Phi) is 5.77. The van der Waals surface area contributed by atoms with Gasteiger partial charge in [-0.25, -0.2) is 4.79 Å². The predicted molar refractivity (Wildman–Crippen MR) is 79.1 cm³/mol. The van der Waals surface area contributed by atoms with Crippen molar-refractivity contribution in [3.05, 3.63) is 35.9 Å². The normalized spacial score (nSPS) is 19.0. The fraction of sp³-hybridized carbons (Fsp3) is 0.500. The van der Waals surface area contributed by atoms with Crippen molar-refractivity contribution in [1.82, 2.24) is 9.80 Å². The Morgan fingerprint density at radius 3 is 2.68 bits per heavy atom. The molecule has 1 aromatic carbocycles. The van der Waals surface area contributed by atoms with Gasteiger partial charge in [-0.1, -0.05) is 30.3 Å². The number of aryl methyl sites for hydroxylation is 1. The number of ether oxygens (including phenoxy) is 1. The van der Waals surface area contributed by atoms with Crippen molar-refractivity contribution in [2.45, 2.75) is 18.9 Å². The fourth-order valence-electron chi connectivity index (χ4n) is 2.50. The number of nitrogens with zero attached hydrogens (tertiary/aromatic N) is 2. The summed E-state index contributed by atoms with van der Waals surface area (Å²) in [4.78, 5) is 26.3. The minimum atomic E-state index is -1.24. The van der Waals surface area contributed by atoms with Crippen LogP contribution in [0.1, 0.15) is 12.0 Å². The first-order valence-corrected chi connectivity index (χ1v) is 7.44. The molecule has 0 saturated carbocycles. The molecule has 0 aromatic heterocycles. The zero-order valence-corrected chi connectivity index (χ0v) is 12.7. The Hall–Kier alpha value is -2.08. The van der Waals surface area contributed by atoms with E-state index in [1.165, 1.54) is 10.5 Å². The number of rotatable bonds is 5. The van der Waals surface area contributed by atoms with E-state index in [4.69, 9.17) is 4.74 Å². The van der Waals surface area contributed by atoms with Gasteiger partial charge in [-0.15, -0.1) is 0 Å². The molecule has 1 aliphatic heterocycles. The fourth-order valence-corrected chi connectivity index (χ4v) is 2.50. The number of amides is 1. The van der Waals surface area contributed by atoms with E-state index in [0.29, 0.717) is 19.5 Å². The summed E-state index contributed by atoms with van der Waals surface area (Å²) in [7, 11) is 1.82. The number of carboxylic acids is 1. The molecule has 120 valence electrons. The monoisotopic (exact) mass is 305 g/mol. The Labute approximate surface area is 130 Å². The maximum absolute atomic E-state index is 12.0. The van der Waals surface area contributed by atoms with Gasteiger partial charge in [0, 0.05) is 19.6 Å². The van der Waals surface area contributed by atoms with E-state index in [-0.39, 0.29) is 13.2 Å². The average Bonchev–Trinajstić information content (AvgIpc) is 2.52. The molecule has 1 aromatic rings. The Morgan fingerprint density at radius 1 is 1.27 bits per heavy atom. The van der Waals surface area contributed by atoms with E-state index in [1.54, 1.807) is 0 Å². The van der Waals surface area contributed by atoms with E-state index in [9.17, 15) is 14.7 Å². The van der Waals surface area contributed by atoms with Crippen LogP contribution in [0.25, 0.3) is 0 Å². The zero-order chi connectivity index (χ0) is 15.9. The highest BCUT2D eigenvalue weighted by atomic mass is 16.6. The number of benzene rings is 1. The van der Waals surface area contributed by atoms with Gasteiger partial charge in [-0.3, -0.25) is 4.90 Å². The molecule has 0 radical (unpaired) electrons. The summed E-state index contributed by atoms with van der Waals surface area (Å²) in [5.41, 5.74) is 1.19. The Balaban J connectivity index is 1.77. The SMILES string of the molecule is CN1CCN(C(=O)OCCCc2ccccc2)[C@H](C(=O)[O-])C1. The smallest absolute Gasteiger partial charge is 0.410 e. The third kappa shape index (κ3) is 4.46. The van der Waals surface area contributed by atoms with E-state index in [1.807, 2.05) is 42.3 Å². The number of carboxylic acid groups (broad SMARTS) is 1. The van der Waals surface area contributed by atoms with E-state index in [2.05, 4.69) is 0 Å². The molecule has 22 heavy (non-hydrogen) atoms. The largest absolute Gasteiger partial charge is 0.548 e. The molecule has 6 nitrogen and oxygen atoms in total. The summed E-state index contributed by atoms with van der Waals surface area (Å²) in [5.74, 6) is -1.24. The highest BCUT2D eigenvalue weighted by Gasteiger charge is 2.30. The molecular weight excluding hydrogens is 284 g/mol. The van der Waals surface area contributed by atoms with Crippen molar-refractivity contribution < 1.29 is 19.4 Å². The third-order valence-electron chi connectivity index (χ3n) is 3.77. The maximum atomic E-state index is 12.0. The number of likely N-dealkylation sites (N-methyl/N-ethyl adjacent to an activating group) is 1. The molecule has 0 unspecified atom stereocenters. The summed E-state index contributed by atoms with van der Waals surface area (Å²) in [6.45, 7) is 1.51. The van der Waals surface area contributed by atoms with Gasteiger partial charge in [0.2, 0.25) is 0 Å². The predicted octanol–water partition coefficient (Wildman–Crippen LogP) is 0.122. The summed E-state index contributed by atoms with van der Waals surface area (Å²) in [6, 6.07) is 8.99. The molecule has 0 aliphatic carbocycles. The van der Waals surface area contributed by atoms with E-state index < -0.39 is 18.1 Å². The van der Waals surface area contributed by atoms with Crippen LogP contribution in [-0.2, 0) is 16.0 Å². The molecule has 1 heterocycles. The molecule has 1 aliphatic rings. The van der Waals surface area contributed by atoms with Gasteiger partial charge in [0.1, 0.15) is 0 Å². The minimum Gasteiger partial charge on any atom is -0.548 e. The van der Waals surface area contributed by atoms with Gasteiger partial charge in [0.15, 0.2) is 0 Å². The summed E-state index contributed by atoms with van der Waals surface area (Å²) >= 11 is 0. The number of carbonyl (C=O) groups excluding carboxylic acids is 2. The highest BCUT2D eigenvalue weighted by molar-refractivity contribution is 5.79. The molecule has 2 rings (SSSR count).